The molecule has 0 spiro atoms. The van der Waals surface area contributed by atoms with E-state index in [1.165, 1.54) is 0 Å². The van der Waals surface area contributed by atoms with Gasteiger partial charge >= 0.3 is 0 Å². The highest BCUT2D eigenvalue weighted by atomic mass is 19.2. The number of amides is 2. The highest BCUT2D eigenvalue weighted by Gasteiger charge is 2.44. The number of aryl methyl sites for hydroxylation is 1. The Kier molecular flexibility index (Phi) is 7.56. The van der Waals surface area contributed by atoms with Gasteiger partial charge in [0.05, 0.1) is 6.54 Å². The van der Waals surface area contributed by atoms with E-state index >= 15 is 0 Å². The number of nitrogens with one attached hydrogen (secondary N) is 1. The molecule has 0 aromatic heterocycles. The van der Waals surface area contributed by atoms with Gasteiger partial charge in [0.25, 0.3) is 0 Å². The third kappa shape index (κ3) is 5.60. The maximum Gasteiger partial charge on any atom is 0.242 e. The molecule has 3 atom stereocenters. The summed E-state index contributed by atoms with van der Waals surface area (Å²) >= 11 is 0. The second-order valence-corrected chi connectivity index (χ2v) is 9.41. The van der Waals surface area contributed by atoms with Gasteiger partial charge in [0.15, 0.2) is 11.6 Å². The van der Waals surface area contributed by atoms with Crippen LogP contribution in [0.3, 0.4) is 0 Å². The fourth-order valence-electron chi connectivity index (χ4n) is 5.37. The molecule has 5 nitrogen and oxygen atoms in total. The summed E-state index contributed by atoms with van der Waals surface area (Å²) in [7, 11) is 0. The number of halogens is 3. The molecule has 2 heterocycles. The molecule has 8 heteroatoms. The van der Waals surface area contributed by atoms with E-state index in [-0.39, 0.29) is 48.3 Å². The van der Waals surface area contributed by atoms with Gasteiger partial charge in [0, 0.05) is 30.6 Å². The molecular formula is C26H30F3N3O2. The van der Waals surface area contributed by atoms with Crippen LogP contribution < -0.4 is 11.1 Å². The summed E-state index contributed by atoms with van der Waals surface area (Å²) in [6.07, 6.45) is 4.13. The molecule has 0 saturated carbocycles. The number of benzene rings is 2. The monoisotopic (exact) mass is 473 g/mol. The number of hydrogen-bond acceptors (Lipinski definition) is 3. The molecule has 2 aliphatic rings. The Labute approximate surface area is 197 Å². The van der Waals surface area contributed by atoms with Gasteiger partial charge in [0.2, 0.25) is 11.8 Å². The van der Waals surface area contributed by atoms with Crippen LogP contribution in [0.15, 0.2) is 42.5 Å². The van der Waals surface area contributed by atoms with E-state index in [1.807, 2.05) is 35.2 Å². The van der Waals surface area contributed by atoms with Crippen molar-refractivity contribution in [2.45, 2.75) is 63.1 Å². The molecule has 0 aliphatic carbocycles. The fourth-order valence-corrected chi connectivity index (χ4v) is 5.37. The molecule has 3 N–H and O–H groups in total. The summed E-state index contributed by atoms with van der Waals surface area (Å²) in [5, 5.41) is 2.74. The first-order valence-corrected chi connectivity index (χ1v) is 11.8. The second kappa shape index (κ2) is 10.6. The Morgan fingerprint density at radius 1 is 1.00 bits per heavy atom. The lowest BCUT2D eigenvalue weighted by Gasteiger charge is -2.41. The summed E-state index contributed by atoms with van der Waals surface area (Å²) in [5.41, 5.74) is 7.49. The normalized spacial score (nSPS) is 22.5. The van der Waals surface area contributed by atoms with E-state index in [2.05, 4.69) is 5.32 Å². The van der Waals surface area contributed by atoms with Crippen LogP contribution in [0.1, 0.15) is 43.2 Å². The van der Waals surface area contributed by atoms with Gasteiger partial charge < -0.3 is 16.0 Å². The standard InChI is InChI=1S/C26H30F3N3O2/c27-21-14-23(29)22(28)12-17(21)13-24(30)18-10-19-7-8-20(11-18)32(19)26(34)15-31-25(33)9-6-16-4-2-1-3-5-16/h1-5,12,14,18-20,24H,6-11,13,15,30H2,(H,31,33)/t18?,19?,20?,24-/m1/s1. The number of hydrogen-bond donors (Lipinski definition) is 2. The van der Waals surface area contributed by atoms with Gasteiger partial charge in [-0.1, -0.05) is 30.3 Å². The summed E-state index contributed by atoms with van der Waals surface area (Å²) < 4.78 is 40.8. The van der Waals surface area contributed by atoms with Crippen LogP contribution in [0.25, 0.3) is 0 Å². The van der Waals surface area contributed by atoms with Crippen molar-refractivity contribution in [2.24, 2.45) is 11.7 Å². The zero-order valence-corrected chi connectivity index (χ0v) is 19.0. The first kappa shape index (κ1) is 24.3. The van der Waals surface area contributed by atoms with E-state index in [0.29, 0.717) is 31.7 Å². The Bertz CT molecular complexity index is 1020. The van der Waals surface area contributed by atoms with Gasteiger partial charge in [-0.2, -0.15) is 0 Å². The van der Waals surface area contributed by atoms with Gasteiger partial charge in [0.1, 0.15) is 5.82 Å². The van der Waals surface area contributed by atoms with Crippen molar-refractivity contribution in [1.82, 2.24) is 10.2 Å². The maximum absolute atomic E-state index is 14.0. The van der Waals surface area contributed by atoms with Crippen molar-refractivity contribution in [3.63, 3.8) is 0 Å². The highest BCUT2D eigenvalue weighted by Crippen LogP contribution is 2.40. The summed E-state index contributed by atoms with van der Waals surface area (Å²) in [6, 6.07) is 10.8. The largest absolute Gasteiger partial charge is 0.347 e. The predicted molar refractivity (Wildman–Crippen MR) is 122 cm³/mol. The quantitative estimate of drug-likeness (QED) is 0.577. The second-order valence-electron chi connectivity index (χ2n) is 9.41. The topological polar surface area (TPSA) is 75.4 Å². The SMILES string of the molecule is N[C@H](Cc1cc(F)c(F)cc1F)C1CC2CCC(C1)N2C(=O)CNC(=O)CCc1ccccc1. The summed E-state index contributed by atoms with van der Waals surface area (Å²) in [6.45, 7) is -0.0303. The molecule has 34 heavy (non-hydrogen) atoms. The third-order valence-corrected chi connectivity index (χ3v) is 7.13. The zero-order valence-electron chi connectivity index (χ0n) is 19.0. The zero-order chi connectivity index (χ0) is 24.2. The van der Waals surface area contributed by atoms with Crippen LogP contribution in [0.2, 0.25) is 0 Å². The van der Waals surface area contributed by atoms with Gasteiger partial charge in [-0.15, -0.1) is 0 Å². The Morgan fingerprint density at radius 3 is 2.32 bits per heavy atom. The van der Waals surface area contributed by atoms with E-state index < -0.39 is 23.5 Å². The van der Waals surface area contributed by atoms with Gasteiger partial charge in [-0.05, 0) is 61.6 Å². The molecule has 2 bridgehead atoms. The van der Waals surface area contributed by atoms with Crippen molar-refractivity contribution in [3.8, 4) is 0 Å². The van der Waals surface area contributed by atoms with Crippen molar-refractivity contribution in [3.05, 3.63) is 71.0 Å². The minimum absolute atomic E-state index is 0.0262. The third-order valence-electron chi connectivity index (χ3n) is 7.13. The number of carbonyl (C=O) groups excluding carboxylic acids is 2. The van der Waals surface area contributed by atoms with E-state index in [9.17, 15) is 22.8 Å². The van der Waals surface area contributed by atoms with Crippen molar-refractivity contribution in [1.29, 1.82) is 0 Å². The molecule has 2 aromatic carbocycles. The Hall–Kier alpha value is -2.87. The number of fused-ring (bicyclic) bond motifs is 2. The number of piperidine rings is 1. The van der Waals surface area contributed by atoms with Crippen molar-refractivity contribution in [2.75, 3.05) is 6.54 Å². The molecular weight excluding hydrogens is 443 g/mol. The number of nitrogens with two attached hydrogens (primary N) is 1. The van der Waals surface area contributed by atoms with Crippen molar-refractivity contribution >= 4 is 11.8 Å². The van der Waals surface area contributed by atoms with Crippen LogP contribution >= 0.6 is 0 Å². The number of carbonyl (C=O) groups is 2. The smallest absolute Gasteiger partial charge is 0.242 e. The minimum atomic E-state index is -1.22. The van der Waals surface area contributed by atoms with Crippen LogP contribution in [0.4, 0.5) is 13.2 Å². The maximum atomic E-state index is 14.0. The molecule has 2 fully saturated rings. The molecule has 2 aliphatic heterocycles. The fraction of sp³-hybridized carbons (Fsp3) is 0.462. The molecule has 4 rings (SSSR count). The minimum Gasteiger partial charge on any atom is -0.347 e. The van der Waals surface area contributed by atoms with Crippen LogP contribution in [0.5, 0.6) is 0 Å². The first-order valence-electron chi connectivity index (χ1n) is 11.8. The van der Waals surface area contributed by atoms with Gasteiger partial charge in [-0.25, -0.2) is 13.2 Å². The molecule has 182 valence electrons. The van der Waals surface area contributed by atoms with Crippen LogP contribution in [-0.2, 0) is 22.4 Å². The summed E-state index contributed by atoms with van der Waals surface area (Å²) in [5.74, 6) is -3.31. The van der Waals surface area contributed by atoms with Crippen molar-refractivity contribution < 1.29 is 22.8 Å². The van der Waals surface area contributed by atoms with E-state index in [0.717, 1.165) is 24.5 Å². The summed E-state index contributed by atoms with van der Waals surface area (Å²) in [4.78, 5) is 26.9. The van der Waals surface area contributed by atoms with E-state index in [4.69, 9.17) is 5.73 Å². The number of rotatable bonds is 8. The lowest BCUT2D eigenvalue weighted by atomic mass is 9.82. The first-order chi connectivity index (χ1) is 16.3. The molecule has 2 amide bonds. The Balaban J connectivity index is 1.27. The van der Waals surface area contributed by atoms with Crippen LogP contribution in [0, 0.1) is 23.4 Å². The van der Waals surface area contributed by atoms with Gasteiger partial charge in [-0.3, -0.25) is 9.59 Å². The lowest BCUT2D eigenvalue weighted by Crippen LogP contribution is -2.52. The number of nitrogens with zero attached hydrogens (tertiary/aromatic N) is 1. The predicted octanol–water partition coefficient (Wildman–Crippen LogP) is 3.49. The molecule has 2 aromatic rings. The average molecular weight is 474 g/mol. The molecule has 0 radical (unpaired) electrons. The Morgan fingerprint density at radius 2 is 1.65 bits per heavy atom. The van der Waals surface area contributed by atoms with E-state index in [1.54, 1.807) is 0 Å². The highest BCUT2D eigenvalue weighted by molar-refractivity contribution is 5.85. The average Bonchev–Trinajstić information content (AvgIpc) is 3.09. The van der Waals surface area contributed by atoms with Crippen LogP contribution in [-0.4, -0.2) is 41.4 Å². The molecule has 2 saturated heterocycles. The molecule has 2 unspecified atom stereocenters. The lowest BCUT2D eigenvalue weighted by molar-refractivity contribution is -0.137.